The number of hydrogen-bond acceptors (Lipinski definition) is 1. The van der Waals surface area contributed by atoms with Gasteiger partial charge in [-0.1, -0.05) is 31.6 Å². The summed E-state index contributed by atoms with van der Waals surface area (Å²) in [7, 11) is 0. The number of nitrogens with zero attached hydrogens (tertiary/aromatic N) is 1. The molecular weight excluding hydrogens is 160 g/mol. The molecule has 0 rings (SSSR count). The van der Waals surface area contributed by atoms with Crippen LogP contribution < -0.4 is 5.73 Å². The molecule has 2 N–H and O–H groups in total. The number of hydrogen-bond donors (Lipinski definition) is 1. The Morgan fingerprint density at radius 2 is 2.08 bits per heavy atom. The zero-order valence-corrected chi connectivity index (χ0v) is 8.83. The molecule has 0 aliphatic rings. The van der Waals surface area contributed by atoms with Gasteiger partial charge in [0, 0.05) is 6.20 Å². The van der Waals surface area contributed by atoms with Gasteiger partial charge in [0.1, 0.15) is 0 Å². The van der Waals surface area contributed by atoms with Crippen molar-refractivity contribution in [3.8, 4) is 0 Å². The average Bonchev–Trinajstić information content (AvgIpc) is 2.10. The van der Waals surface area contributed by atoms with Crippen molar-refractivity contribution in [1.82, 2.24) is 0 Å². The highest BCUT2D eigenvalue weighted by Gasteiger charge is 1.93. The summed E-state index contributed by atoms with van der Waals surface area (Å²) in [5.41, 5.74) is 6.53. The van der Waals surface area contributed by atoms with E-state index >= 15 is 0 Å². The molecule has 0 aromatic rings. The summed E-state index contributed by atoms with van der Waals surface area (Å²) >= 11 is 0. The molecule has 2 heteroatoms. The maximum absolute atomic E-state index is 5.08. The van der Waals surface area contributed by atoms with E-state index < -0.39 is 0 Å². The van der Waals surface area contributed by atoms with Crippen molar-refractivity contribution in [3.05, 3.63) is 23.9 Å². The molecular formula is C11H20N2. The van der Waals surface area contributed by atoms with Gasteiger partial charge < -0.3 is 5.73 Å². The summed E-state index contributed by atoms with van der Waals surface area (Å²) in [6, 6.07) is 0. The Balaban J connectivity index is 3.61. The summed E-state index contributed by atoms with van der Waals surface area (Å²) in [5, 5.41) is 0. The van der Waals surface area contributed by atoms with Crippen LogP contribution in [-0.2, 0) is 0 Å². The molecule has 74 valence electrons. The topological polar surface area (TPSA) is 38.4 Å². The van der Waals surface area contributed by atoms with Crippen LogP contribution in [0.25, 0.3) is 0 Å². The lowest BCUT2D eigenvalue weighted by atomic mass is 10.0. The normalized spacial score (nSPS) is 13.7. The molecule has 0 aliphatic carbocycles. The van der Waals surface area contributed by atoms with E-state index in [0.717, 1.165) is 12.8 Å². The van der Waals surface area contributed by atoms with Gasteiger partial charge in [-0.2, -0.15) is 0 Å². The molecule has 0 fully saturated rings. The summed E-state index contributed by atoms with van der Waals surface area (Å²) in [6.07, 6.45) is 9.45. The Morgan fingerprint density at radius 3 is 2.62 bits per heavy atom. The number of unbranched alkanes of at least 4 members (excludes halogenated alkanes) is 1. The Bertz CT molecular complexity index is 200. The Kier molecular flexibility index (Phi) is 6.98. The van der Waals surface area contributed by atoms with E-state index in [1.807, 2.05) is 6.08 Å². The Morgan fingerprint density at radius 1 is 1.38 bits per heavy atom. The van der Waals surface area contributed by atoms with Crippen molar-refractivity contribution < 1.29 is 0 Å². The van der Waals surface area contributed by atoms with Gasteiger partial charge in [-0.05, 0) is 25.7 Å². The van der Waals surface area contributed by atoms with Crippen LogP contribution in [0, 0.1) is 5.92 Å². The van der Waals surface area contributed by atoms with Crippen LogP contribution in [0.1, 0.15) is 33.6 Å². The highest BCUT2D eigenvalue weighted by atomic mass is 14.8. The summed E-state index contributed by atoms with van der Waals surface area (Å²) in [4.78, 5) is 3.78. The molecule has 0 aliphatic heterocycles. The molecule has 2 nitrogen and oxygen atoms in total. The van der Waals surface area contributed by atoms with E-state index in [1.54, 1.807) is 6.20 Å². The van der Waals surface area contributed by atoms with Crippen LogP contribution in [0.5, 0.6) is 0 Å². The third kappa shape index (κ3) is 7.32. The first kappa shape index (κ1) is 11.9. The minimum absolute atomic E-state index is 0.658. The van der Waals surface area contributed by atoms with Crippen molar-refractivity contribution in [3.63, 3.8) is 0 Å². The average molecular weight is 180 g/mol. The van der Waals surface area contributed by atoms with Crippen molar-refractivity contribution in [2.45, 2.75) is 33.6 Å². The molecule has 0 heterocycles. The van der Waals surface area contributed by atoms with E-state index in [2.05, 4.69) is 31.8 Å². The Hall–Kier alpha value is -1.05. The van der Waals surface area contributed by atoms with E-state index in [4.69, 9.17) is 5.73 Å². The lowest BCUT2D eigenvalue weighted by Crippen LogP contribution is -1.87. The molecule has 0 saturated carbocycles. The van der Waals surface area contributed by atoms with Crippen LogP contribution >= 0.6 is 0 Å². The molecule has 13 heavy (non-hydrogen) atoms. The second-order valence-electron chi connectivity index (χ2n) is 3.36. The minimum Gasteiger partial charge on any atom is -0.390 e. The molecule has 0 aromatic carbocycles. The first-order chi connectivity index (χ1) is 6.18. The third-order valence-electron chi connectivity index (χ3n) is 1.99. The van der Waals surface area contributed by atoms with Gasteiger partial charge in [-0.15, -0.1) is 0 Å². The molecule has 0 unspecified atom stereocenters. The smallest absolute Gasteiger partial charge is 0.0852 e. The third-order valence-corrected chi connectivity index (χ3v) is 1.99. The van der Waals surface area contributed by atoms with E-state index in [9.17, 15) is 0 Å². The van der Waals surface area contributed by atoms with Crippen molar-refractivity contribution >= 4 is 6.34 Å². The zero-order valence-electron chi connectivity index (χ0n) is 8.83. The van der Waals surface area contributed by atoms with Crippen LogP contribution in [0.4, 0.5) is 0 Å². The fraction of sp³-hybridized carbons (Fsp3) is 0.545. The molecule has 0 spiro atoms. The molecule has 0 amide bonds. The molecule has 0 bridgehead atoms. The van der Waals surface area contributed by atoms with Gasteiger partial charge in [-0.25, -0.2) is 4.99 Å². The van der Waals surface area contributed by atoms with Crippen LogP contribution in [0.15, 0.2) is 28.9 Å². The highest BCUT2D eigenvalue weighted by molar-refractivity contribution is 5.52. The zero-order chi connectivity index (χ0) is 10.1. The standard InChI is InChI=1S/C11H20N2/c1-10(2)11(3)7-5-4-6-8-13-9-12/h6-10H,4-5H2,1-3H3,(H2,12,13)/b8-6-,11-7+. The van der Waals surface area contributed by atoms with E-state index in [-0.39, 0.29) is 0 Å². The van der Waals surface area contributed by atoms with Crippen molar-refractivity contribution in [1.29, 1.82) is 0 Å². The minimum atomic E-state index is 0.658. The first-order valence-electron chi connectivity index (χ1n) is 4.73. The molecule has 0 radical (unpaired) electrons. The number of allylic oxidation sites excluding steroid dienone is 3. The summed E-state index contributed by atoms with van der Waals surface area (Å²) < 4.78 is 0. The van der Waals surface area contributed by atoms with Gasteiger partial charge in [0.2, 0.25) is 0 Å². The molecule has 0 atom stereocenters. The summed E-state index contributed by atoms with van der Waals surface area (Å²) in [5.74, 6) is 0.658. The quantitative estimate of drug-likeness (QED) is 0.300. The maximum Gasteiger partial charge on any atom is 0.0852 e. The van der Waals surface area contributed by atoms with Gasteiger partial charge in [0.05, 0.1) is 6.34 Å². The molecule has 0 saturated heterocycles. The van der Waals surface area contributed by atoms with Crippen molar-refractivity contribution in [2.75, 3.05) is 0 Å². The SMILES string of the molecule is C/C(=C\CC/C=C\N=CN)C(C)C. The van der Waals surface area contributed by atoms with Crippen LogP contribution in [0.3, 0.4) is 0 Å². The predicted molar refractivity (Wildman–Crippen MR) is 59.6 cm³/mol. The summed E-state index contributed by atoms with van der Waals surface area (Å²) in [6.45, 7) is 6.59. The van der Waals surface area contributed by atoms with Crippen molar-refractivity contribution in [2.24, 2.45) is 16.6 Å². The predicted octanol–water partition coefficient (Wildman–Crippen LogP) is 2.87. The second-order valence-corrected chi connectivity index (χ2v) is 3.36. The lowest BCUT2D eigenvalue weighted by Gasteiger charge is -2.03. The van der Waals surface area contributed by atoms with Crippen LogP contribution in [-0.4, -0.2) is 6.34 Å². The second kappa shape index (κ2) is 7.59. The van der Waals surface area contributed by atoms with Gasteiger partial charge >= 0.3 is 0 Å². The first-order valence-corrected chi connectivity index (χ1v) is 4.73. The van der Waals surface area contributed by atoms with Crippen LogP contribution in [0.2, 0.25) is 0 Å². The fourth-order valence-corrected chi connectivity index (χ4v) is 0.828. The number of aliphatic imine (C=N–C) groups is 1. The van der Waals surface area contributed by atoms with E-state index in [0.29, 0.717) is 5.92 Å². The maximum atomic E-state index is 5.08. The highest BCUT2D eigenvalue weighted by Crippen LogP contribution is 2.09. The van der Waals surface area contributed by atoms with Gasteiger partial charge in [0.15, 0.2) is 0 Å². The van der Waals surface area contributed by atoms with Gasteiger partial charge in [-0.3, -0.25) is 0 Å². The molecule has 0 aromatic heterocycles. The van der Waals surface area contributed by atoms with E-state index in [1.165, 1.54) is 11.9 Å². The number of rotatable bonds is 5. The Labute approximate surface area is 81.2 Å². The fourth-order valence-electron chi connectivity index (χ4n) is 0.828. The monoisotopic (exact) mass is 180 g/mol. The van der Waals surface area contributed by atoms with Gasteiger partial charge in [0.25, 0.3) is 0 Å². The largest absolute Gasteiger partial charge is 0.390 e. The number of nitrogens with two attached hydrogens (primary N) is 1. The lowest BCUT2D eigenvalue weighted by molar-refractivity contribution is 0.760.